The summed E-state index contributed by atoms with van der Waals surface area (Å²) >= 11 is 1.37. The average molecular weight is 395 g/mol. The summed E-state index contributed by atoms with van der Waals surface area (Å²) in [7, 11) is 0. The number of fused-ring (bicyclic) bond motifs is 1. The van der Waals surface area contributed by atoms with Gasteiger partial charge in [0.2, 0.25) is 5.91 Å². The number of hydrogen-bond donors (Lipinski definition) is 2. The van der Waals surface area contributed by atoms with E-state index in [2.05, 4.69) is 22.2 Å². The highest BCUT2D eigenvalue weighted by Gasteiger charge is 2.13. The summed E-state index contributed by atoms with van der Waals surface area (Å²) in [5.41, 5.74) is 3.01. The van der Waals surface area contributed by atoms with Gasteiger partial charge in [-0.1, -0.05) is 36.0 Å². The molecule has 0 saturated heterocycles. The second kappa shape index (κ2) is 9.23. The van der Waals surface area contributed by atoms with Crippen LogP contribution in [-0.4, -0.2) is 33.7 Å². The number of nitrogens with one attached hydrogen (secondary N) is 2. The minimum atomic E-state index is -0.161. The first-order valence-corrected chi connectivity index (χ1v) is 9.98. The predicted molar refractivity (Wildman–Crippen MR) is 114 cm³/mol. The lowest BCUT2D eigenvalue weighted by Crippen LogP contribution is -2.23. The number of para-hydroxylation sites is 2. The molecule has 0 fully saturated rings. The first-order chi connectivity index (χ1) is 13.6. The molecule has 0 spiro atoms. The highest BCUT2D eigenvalue weighted by Crippen LogP contribution is 2.24. The number of carbonyl (C=O) groups excluding carboxylic acids is 2. The van der Waals surface area contributed by atoms with Crippen LogP contribution in [-0.2, 0) is 11.3 Å². The van der Waals surface area contributed by atoms with E-state index in [1.165, 1.54) is 11.8 Å². The van der Waals surface area contributed by atoms with Gasteiger partial charge in [-0.2, -0.15) is 0 Å². The lowest BCUT2D eigenvalue weighted by Gasteiger charge is -2.08. The molecule has 0 radical (unpaired) electrons. The summed E-state index contributed by atoms with van der Waals surface area (Å²) in [5.74, 6) is -0.104. The Kier molecular flexibility index (Phi) is 6.49. The quantitative estimate of drug-likeness (QED) is 0.451. The Morgan fingerprint density at radius 3 is 2.82 bits per heavy atom. The molecule has 0 bridgehead atoms. The maximum absolute atomic E-state index is 12.4. The molecule has 3 rings (SSSR count). The Bertz CT molecular complexity index is 1010. The molecule has 2 amide bonds. The van der Waals surface area contributed by atoms with E-state index in [1.54, 1.807) is 24.3 Å². The molecule has 7 heteroatoms. The zero-order chi connectivity index (χ0) is 19.9. The molecule has 0 atom stereocenters. The summed E-state index contributed by atoms with van der Waals surface area (Å²) in [6.07, 6.45) is 1.81. The summed E-state index contributed by atoms with van der Waals surface area (Å²) in [4.78, 5) is 28.9. The van der Waals surface area contributed by atoms with Gasteiger partial charge in [-0.15, -0.1) is 6.58 Å². The molecular formula is C21H22N4O2S. The molecule has 0 aliphatic rings. The number of amides is 2. The maximum Gasteiger partial charge on any atom is 0.251 e. The Morgan fingerprint density at radius 2 is 2.04 bits per heavy atom. The summed E-state index contributed by atoms with van der Waals surface area (Å²) in [6.45, 7) is 6.84. The highest BCUT2D eigenvalue weighted by molar-refractivity contribution is 7.99. The van der Waals surface area contributed by atoms with Crippen molar-refractivity contribution in [3.63, 3.8) is 0 Å². The van der Waals surface area contributed by atoms with E-state index in [9.17, 15) is 9.59 Å². The third-order valence-corrected chi connectivity index (χ3v) is 4.99. The number of benzene rings is 2. The monoisotopic (exact) mass is 394 g/mol. The number of thioether (sulfide) groups is 1. The van der Waals surface area contributed by atoms with Crippen LogP contribution in [0.15, 0.2) is 66.3 Å². The number of rotatable bonds is 8. The molecule has 0 aliphatic carbocycles. The number of anilines is 1. The fraction of sp³-hybridized carbons (Fsp3) is 0.190. The first-order valence-electron chi connectivity index (χ1n) is 8.99. The van der Waals surface area contributed by atoms with Crippen LogP contribution in [0.1, 0.15) is 17.3 Å². The topological polar surface area (TPSA) is 76.0 Å². The second-order valence-corrected chi connectivity index (χ2v) is 7.00. The maximum atomic E-state index is 12.4. The number of allylic oxidation sites excluding steroid dienone is 1. The van der Waals surface area contributed by atoms with Gasteiger partial charge in [-0.25, -0.2) is 4.98 Å². The van der Waals surface area contributed by atoms with E-state index in [0.717, 1.165) is 16.2 Å². The van der Waals surface area contributed by atoms with Crippen molar-refractivity contribution < 1.29 is 9.59 Å². The highest BCUT2D eigenvalue weighted by atomic mass is 32.2. The van der Waals surface area contributed by atoms with Crippen LogP contribution in [0, 0.1) is 0 Å². The number of hydrogen-bond acceptors (Lipinski definition) is 4. The Morgan fingerprint density at radius 1 is 1.21 bits per heavy atom. The summed E-state index contributed by atoms with van der Waals surface area (Å²) < 4.78 is 2.04. The standard InChI is InChI=1S/C21H22N4O2S/c1-3-12-25-18-11-6-5-10-17(18)24-21(25)28-14-19(26)23-16-9-7-8-15(13-16)20(27)22-4-2/h3,5-11,13H,1,4,12,14H2,2H3,(H,22,27)(H,23,26). The minimum absolute atomic E-state index is 0.157. The molecule has 3 aromatic rings. The summed E-state index contributed by atoms with van der Waals surface area (Å²) in [6, 6.07) is 14.8. The fourth-order valence-electron chi connectivity index (χ4n) is 2.80. The third-order valence-electron chi connectivity index (χ3n) is 4.01. The van der Waals surface area contributed by atoms with Crippen molar-refractivity contribution in [2.24, 2.45) is 0 Å². The van der Waals surface area contributed by atoms with Gasteiger partial charge < -0.3 is 15.2 Å². The molecule has 28 heavy (non-hydrogen) atoms. The number of carbonyl (C=O) groups is 2. The zero-order valence-corrected chi connectivity index (χ0v) is 16.5. The van der Waals surface area contributed by atoms with Crippen LogP contribution in [0.2, 0.25) is 0 Å². The third kappa shape index (κ3) is 4.61. The van der Waals surface area contributed by atoms with Crippen LogP contribution in [0.3, 0.4) is 0 Å². The van der Waals surface area contributed by atoms with Crippen molar-refractivity contribution in [3.8, 4) is 0 Å². The molecule has 144 valence electrons. The SMILES string of the molecule is C=CCn1c(SCC(=O)Nc2cccc(C(=O)NCC)c2)nc2ccccc21. The first kappa shape index (κ1) is 19.7. The largest absolute Gasteiger partial charge is 0.352 e. The van der Waals surface area contributed by atoms with Crippen molar-refractivity contribution >= 4 is 40.3 Å². The Hall–Kier alpha value is -3.06. The van der Waals surface area contributed by atoms with Gasteiger partial charge in [0.1, 0.15) is 0 Å². The fourth-order valence-corrected chi connectivity index (χ4v) is 3.62. The number of aromatic nitrogens is 2. The van der Waals surface area contributed by atoms with E-state index in [-0.39, 0.29) is 17.6 Å². The normalized spacial score (nSPS) is 10.6. The van der Waals surface area contributed by atoms with Gasteiger partial charge in [0, 0.05) is 24.3 Å². The molecule has 1 aromatic heterocycles. The van der Waals surface area contributed by atoms with Crippen LogP contribution in [0.5, 0.6) is 0 Å². The molecular weight excluding hydrogens is 372 g/mol. The second-order valence-electron chi connectivity index (χ2n) is 6.06. The number of nitrogens with zero attached hydrogens (tertiary/aromatic N) is 2. The summed E-state index contributed by atoms with van der Waals surface area (Å²) in [5, 5.41) is 6.35. The van der Waals surface area contributed by atoms with Crippen molar-refractivity contribution in [2.75, 3.05) is 17.6 Å². The number of imidazole rings is 1. The lowest BCUT2D eigenvalue weighted by molar-refractivity contribution is -0.113. The zero-order valence-electron chi connectivity index (χ0n) is 15.6. The smallest absolute Gasteiger partial charge is 0.251 e. The van der Waals surface area contributed by atoms with E-state index >= 15 is 0 Å². The van der Waals surface area contributed by atoms with Crippen LogP contribution in [0.25, 0.3) is 11.0 Å². The minimum Gasteiger partial charge on any atom is -0.352 e. The van der Waals surface area contributed by atoms with E-state index in [0.29, 0.717) is 24.3 Å². The van der Waals surface area contributed by atoms with Crippen molar-refractivity contribution in [2.45, 2.75) is 18.6 Å². The predicted octanol–water partition coefficient (Wildman–Crippen LogP) is 3.70. The molecule has 0 aliphatic heterocycles. The lowest BCUT2D eigenvalue weighted by atomic mass is 10.2. The van der Waals surface area contributed by atoms with Gasteiger partial charge >= 0.3 is 0 Å². The van der Waals surface area contributed by atoms with Gasteiger partial charge in [0.25, 0.3) is 5.91 Å². The molecule has 0 unspecified atom stereocenters. The van der Waals surface area contributed by atoms with Crippen molar-refractivity contribution in [1.29, 1.82) is 0 Å². The van der Waals surface area contributed by atoms with E-state index < -0.39 is 0 Å². The van der Waals surface area contributed by atoms with Crippen LogP contribution >= 0.6 is 11.8 Å². The van der Waals surface area contributed by atoms with Crippen LogP contribution in [0.4, 0.5) is 5.69 Å². The Labute approximate surface area is 168 Å². The average Bonchev–Trinajstić information content (AvgIpc) is 3.05. The van der Waals surface area contributed by atoms with Gasteiger partial charge in [0.15, 0.2) is 5.16 Å². The van der Waals surface area contributed by atoms with Crippen molar-refractivity contribution in [1.82, 2.24) is 14.9 Å². The van der Waals surface area contributed by atoms with Gasteiger partial charge in [-0.3, -0.25) is 9.59 Å². The van der Waals surface area contributed by atoms with E-state index in [1.807, 2.05) is 41.8 Å². The molecule has 6 nitrogen and oxygen atoms in total. The molecule has 2 N–H and O–H groups in total. The van der Waals surface area contributed by atoms with Gasteiger partial charge in [0.05, 0.1) is 16.8 Å². The molecule has 2 aromatic carbocycles. The van der Waals surface area contributed by atoms with Gasteiger partial charge in [-0.05, 0) is 37.3 Å². The van der Waals surface area contributed by atoms with E-state index in [4.69, 9.17) is 0 Å². The van der Waals surface area contributed by atoms with Crippen LogP contribution < -0.4 is 10.6 Å². The Balaban J connectivity index is 1.67. The van der Waals surface area contributed by atoms with Crippen molar-refractivity contribution in [3.05, 3.63) is 66.7 Å². The molecule has 1 heterocycles. The molecule has 0 saturated carbocycles.